The molecule has 0 saturated heterocycles. The van der Waals surface area contributed by atoms with Crippen molar-refractivity contribution < 1.29 is 44.7 Å². The molecule has 13 nitrogen and oxygen atoms in total. The number of hydrogen-bond donors (Lipinski definition) is 8. The molecule has 1 aromatic carbocycles. The van der Waals surface area contributed by atoms with Gasteiger partial charge < -0.3 is 41.9 Å². The minimum Gasteiger partial charge on any atom is -0.508 e. The maximum atomic E-state index is 14.0. The highest BCUT2D eigenvalue weighted by Crippen LogP contribution is 2.56. The molecule has 41 heavy (non-hydrogen) atoms. The number of Topliss-reactive ketones (excluding diaryl/α,β-unsaturated/α-hetero) is 2. The fourth-order valence-electron chi connectivity index (χ4n) is 6.26. The number of hydrogen-bond acceptors (Lipinski definition) is 11. The molecule has 222 valence electrons. The number of aromatic hydroxyl groups is 1. The Morgan fingerprint density at radius 3 is 2.27 bits per heavy atom. The van der Waals surface area contributed by atoms with E-state index in [1.165, 1.54) is 31.1 Å². The van der Waals surface area contributed by atoms with Crippen LogP contribution in [0, 0.1) is 11.8 Å². The summed E-state index contributed by atoms with van der Waals surface area (Å²) in [4.78, 5) is 53.2. The predicted octanol–water partition coefficient (Wildman–Crippen LogP) is -0.178. The summed E-state index contributed by atoms with van der Waals surface area (Å²) < 4.78 is 0. The van der Waals surface area contributed by atoms with E-state index in [9.17, 15) is 44.7 Å². The molecule has 3 unspecified atom stereocenters. The molecular formula is C28H36N4O9. The van der Waals surface area contributed by atoms with Gasteiger partial charge in [0, 0.05) is 17.0 Å². The van der Waals surface area contributed by atoms with Crippen LogP contribution in [0.15, 0.2) is 29.0 Å². The van der Waals surface area contributed by atoms with Crippen molar-refractivity contribution in [2.24, 2.45) is 17.6 Å². The van der Waals surface area contributed by atoms with Crippen molar-refractivity contribution in [3.8, 4) is 5.75 Å². The van der Waals surface area contributed by atoms with Crippen LogP contribution in [0.1, 0.15) is 44.7 Å². The number of aliphatic hydroxyl groups excluding tert-OH is 3. The topological polar surface area (TPSA) is 223 Å². The number of carbonyl (C=O) groups is 4. The molecule has 3 aliphatic rings. The largest absolute Gasteiger partial charge is 0.508 e. The Morgan fingerprint density at radius 1 is 1.12 bits per heavy atom. The fraction of sp³-hybridized carbons (Fsp3) is 0.500. The molecule has 13 heteroatoms. The zero-order chi connectivity index (χ0) is 30.9. The lowest BCUT2D eigenvalue weighted by Gasteiger charge is -2.53. The Kier molecular flexibility index (Phi) is 7.32. The number of amides is 2. The third kappa shape index (κ3) is 4.49. The lowest BCUT2D eigenvalue weighted by Crippen LogP contribution is -2.70. The van der Waals surface area contributed by atoms with Crippen molar-refractivity contribution in [3.05, 3.63) is 40.2 Å². The Balaban J connectivity index is 1.88. The molecule has 0 heterocycles. The number of likely N-dealkylation sites (N-methyl/N-ethyl adjacent to an activating group) is 1. The molecule has 0 spiro atoms. The van der Waals surface area contributed by atoms with Crippen LogP contribution < -0.4 is 16.4 Å². The van der Waals surface area contributed by atoms with Crippen molar-refractivity contribution in [1.82, 2.24) is 10.2 Å². The number of anilines is 1. The van der Waals surface area contributed by atoms with Gasteiger partial charge in [0.25, 0.3) is 5.91 Å². The SMILES string of the molecule is C[C@H]1c2ccc(NC(=O)CNC(C)(C)C)c(O)c2C(O)=C2C(=O)[C@]3(O)C(O)=C(C(N)=O)C(=O)[C@@H](N(C)C)C3C(O)C21. The molecule has 2 amide bonds. The molecule has 6 atom stereocenters. The summed E-state index contributed by atoms with van der Waals surface area (Å²) in [5.41, 5.74) is 0.547. The van der Waals surface area contributed by atoms with Gasteiger partial charge in [0.15, 0.2) is 11.4 Å². The summed E-state index contributed by atoms with van der Waals surface area (Å²) in [5, 5.41) is 62.4. The second-order valence-corrected chi connectivity index (χ2v) is 12.1. The first kappa shape index (κ1) is 30.2. The summed E-state index contributed by atoms with van der Waals surface area (Å²) in [6.45, 7) is 7.16. The van der Waals surface area contributed by atoms with Gasteiger partial charge in [0.2, 0.25) is 11.7 Å². The molecule has 1 aromatic rings. The van der Waals surface area contributed by atoms with E-state index in [0.717, 1.165) is 0 Å². The molecule has 0 bridgehead atoms. The number of nitrogens with two attached hydrogens (primary N) is 1. The minimum absolute atomic E-state index is 0.0580. The standard InChI is InChI=1S/C28H36N4O9/c1-10-11-7-8-12(31-13(33)9-30-27(2,3)4)20(34)15(11)21(35)16-14(10)22(36)18-19(32(5)6)23(37)17(26(29)40)25(39)28(18,41)24(16)38/h7-8,10,14,18-19,22,30,34-36,39,41H,9H2,1-6H3,(H2,29,40)(H,31,33)/t10-,14?,18?,19-,22?,28-/m0/s1. The van der Waals surface area contributed by atoms with Crippen LogP contribution in [0.25, 0.3) is 5.76 Å². The van der Waals surface area contributed by atoms with Crippen molar-refractivity contribution in [2.75, 3.05) is 26.0 Å². The minimum atomic E-state index is -3.00. The number of carbonyl (C=O) groups excluding carboxylic acids is 4. The highest BCUT2D eigenvalue weighted by atomic mass is 16.4. The lowest BCUT2D eigenvalue weighted by molar-refractivity contribution is -0.169. The second kappa shape index (κ2) is 9.94. The van der Waals surface area contributed by atoms with E-state index in [1.54, 1.807) is 6.92 Å². The normalized spacial score (nSPS) is 29.7. The number of phenolic OH excluding ortho intramolecular Hbond substituents is 1. The Bertz CT molecular complexity index is 1420. The lowest BCUT2D eigenvalue weighted by atomic mass is 9.54. The van der Waals surface area contributed by atoms with E-state index < -0.39 is 87.3 Å². The van der Waals surface area contributed by atoms with E-state index in [2.05, 4.69) is 10.6 Å². The number of benzene rings is 1. The maximum Gasteiger partial charge on any atom is 0.255 e. The number of primary amides is 1. The number of aliphatic hydroxyl groups is 4. The molecular weight excluding hydrogens is 536 g/mol. The van der Waals surface area contributed by atoms with Crippen molar-refractivity contribution in [2.45, 2.75) is 56.9 Å². The van der Waals surface area contributed by atoms with Crippen LogP contribution in [0.2, 0.25) is 0 Å². The molecule has 1 fully saturated rings. The molecule has 0 aromatic heterocycles. The molecule has 9 N–H and O–H groups in total. The second-order valence-electron chi connectivity index (χ2n) is 12.1. The summed E-state index contributed by atoms with van der Waals surface area (Å²) in [6, 6.07) is 1.52. The smallest absolute Gasteiger partial charge is 0.255 e. The van der Waals surface area contributed by atoms with E-state index >= 15 is 0 Å². The number of rotatable bonds is 5. The van der Waals surface area contributed by atoms with E-state index in [1.807, 2.05) is 20.8 Å². The van der Waals surface area contributed by atoms with E-state index in [0.29, 0.717) is 5.56 Å². The average molecular weight is 573 g/mol. The van der Waals surface area contributed by atoms with Gasteiger partial charge in [-0.1, -0.05) is 13.0 Å². The van der Waals surface area contributed by atoms with Gasteiger partial charge in [-0.2, -0.15) is 0 Å². The van der Waals surface area contributed by atoms with Gasteiger partial charge in [-0.05, 0) is 52.4 Å². The Morgan fingerprint density at radius 2 is 1.73 bits per heavy atom. The summed E-state index contributed by atoms with van der Waals surface area (Å²) in [7, 11) is 2.88. The van der Waals surface area contributed by atoms with Crippen molar-refractivity contribution >= 4 is 34.8 Å². The quantitative estimate of drug-likeness (QED) is 0.171. The fourth-order valence-corrected chi connectivity index (χ4v) is 6.26. The van der Waals surface area contributed by atoms with Crippen LogP contribution >= 0.6 is 0 Å². The summed E-state index contributed by atoms with van der Waals surface area (Å²) in [6.07, 6.45) is -1.68. The molecule has 0 radical (unpaired) electrons. The molecule has 3 aliphatic carbocycles. The first-order valence-corrected chi connectivity index (χ1v) is 13.1. The summed E-state index contributed by atoms with van der Waals surface area (Å²) >= 11 is 0. The van der Waals surface area contributed by atoms with E-state index in [-0.39, 0.29) is 23.3 Å². The first-order valence-electron chi connectivity index (χ1n) is 13.1. The van der Waals surface area contributed by atoms with Crippen LogP contribution in [0.4, 0.5) is 5.69 Å². The van der Waals surface area contributed by atoms with Gasteiger partial charge in [-0.25, -0.2) is 0 Å². The number of nitrogens with one attached hydrogen (secondary N) is 2. The summed E-state index contributed by atoms with van der Waals surface area (Å²) in [5.74, 6) is -10.3. The first-order chi connectivity index (χ1) is 18.9. The zero-order valence-corrected chi connectivity index (χ0v) is 23.6. The number of phenols is 1. The molecule has 1 saturated carbocycles. The van der Waals surface area contributed by atoms with Gasteiger partial charge in [0.05, 0.1) is 35.9 Å². The maximum absolute atomic E-state index is 14.0. The van der Waals surface area contributed by atoms with Crippen LogP contribution in [0.5, 0.6) is 5.75 Å². The third-order valence-corrected chi connectivity index (χ3v) is 8.18. The number of ketones is 2. The number of nitrogens with zero attached hydrogens (tertiary/aromatic N) is 1. The van der Waals surface area contributed by atoms with Crippen molar-refractivity contribution in [3.63, 3.8) is 0 Å². The average Bonchev–Trinajstić information content (AvgIpc) is 2.85. The van der Waals surface area contributed by atoms with Crippen LogP contribution in [-0.4, -0.2) is 97.7 Å². The Labute approximate surface area is 236 Å². The zero-order valence-electron chi connectivity index (χ0n) is 23.6. The predicted molar refractivity (Wildman–Crippen MR) is 147 cm³/mol. The van der Waals surface area contributed by atoms with Gasteiger partial charge in [-0.15, -0.1) is 0 Å². The van der Waals surface area contributed by atoms with Crippen LogP contribution in [-0.2, 0) is 19.2 Å². The highest BCUT2D eigenvalue weighted by Gasteiger charge is 2.68. The number of fused-ring (bicyclic) bond motifs is 3. The van der Waals surface area contributed by atoms with Crippen LogP contribution in [0.3, 0.4) is 0 Å². The monoisotopic (exact) mass is 572 g/mol. The van der Waals surface area contributed by atoms with Crippen molar-refractivity contribution in [1.29, 1.82) is 0 Å². The van der Waals surface area contributed by atoms with E-state index in [4.69, 9.17) is 5.73 Å². The van der Waals surface area contributed by atoms with Gasteiger partial charge in [0.1, 0.15) is 22.8 Å². The highest BCUT2D eigenvalue weighted by molar-refractivity contribution is 6.24. The van der Waals surface area contributed by atoms with Gasteiger partial charge >= 0.3 is 0 Å². The molecule has 4 rings (SSSR count). The third-order valence-electron chi connectivity index (χ3n) is 8.18. The van der Waals surface area contributed by atoms with Gasteiger partial charge in [-0.3, -0.25) is 24.1 Å². The Hall–Kier alpha value is -3.78. The molecule has 0 aliphatic heterocycles.